The van der Waals surface area contributed by atoms with Crippen LogP contribution in [0.1, 0.15) is 0 Å². The average Bonchev–Trinajstić information content (AvgIpc) is 3.22. The molecule has 3 aliphatic heterocycles. The first-order chi connectivity index (χ1) is 13.3. The van der Waals surface area contributed by atoms with Crippen molar-refractivity contribution < 1.29 is 26.8 Å². The number of nitrogens with zero attached hydrogens (tertiary/aromatic N) is 6. The van der Waals surface area contributed by atoms with Crippen molar-refractivity contribution in [2.24, 2.45) is 0 Å². The molecule has 0 aromatic carbocycles. The van der Waals surface area contributed by atoms with Crippen molar-refractivity contribution in [3.63, 3.8) is 0 Å². The summed E-state index contributed by atoms with van der Waals surface area (Å²) < 4.78 is 36.8. The minimum Gasteiger partial charge on any atom is -0.367 e. The first-order valence-electron chi connectivity index (χ1n) is 8.62. The van der Waals surface area contributed by atoms with Gasteiger partial charge in [-0.2, -0.15) is 18.6 Å². The van der Waals surface area contributed by atoms with E-state index in [1.807, 2.05) is 11.0 Å². The van der Waals surface area contributed by atoms with Gasteiger partial charge in [0.15, 0.2) is 0 Å². The Hall–Kier alpha value is -2.42. The maximum absolute atomic E-state index is 12.2. The molecule has 1 unspecified atom stereocenters. The molecule has 4 rings (SSSR count). The van der Waals surface area contributed by atoms with Crippen LogP contribution in [-0.4, -0.2) is 102 Å². The number of urea groups is 1. The monoisotopic (exact) mass is 409 g/mol. The maximum Gasteiger partial charge on any atom is 0.418 e. The summed E-state index contributed by atoms with van der Waals surface area (Å²) in [6, 6.07) is -1.28. The van der Waals surface area contributed by atoms with E-state index in [4.69, 9.17) is 4.55 Å². The molecule has 12 nitrogen and oxygen atoms in total. The summed E-state index contributed by atoms with van der Waals surface area (Å²) in [7, 11) is -3.25. The fourth-order valence-corrected chi connectivity index (χ4v) is 3.95. The molecule has 2 saturated heterocycles. The van der Waals surface area contributed by atoms with Crippen molar-refractivity contribution in [2.75, 3.05) is 44.2 Å². The molecule has 149 valence electrons. The van der Waals surface area contributed by atoms with Gasteiger partial charge in [-0.3, -0.25) is 4.55 Å². The van der Waals surface area contributed by atoms with E-state index >= 15 is 0 Å². The summed E-state index contributed by atoms with van der Waals surface area (Å²) in [4.78, 5) is 28.3. The molecule has 0 saturated carbocycles. The Labute approximate surface area is 162 Å². The molecule has 2 bridgehead atoms. The minimum atomic E-state index is -4.79. The first-order valence-corrected chi connectivity index (χ1v) is 9.99. The molecular weight excluding hydrogens is 391 g/mol. The molecule has 14 heteroatoms. The standard InChI is InChI=1S/C14H18BN6O6S/c22-10-15-19-3-1-17(2-4-19)13-6-16-20(9-13)11-5-12-8-18(7-11)14(23)21(12)27-28(24,25)26/h5-6,9-10,12H,1-4,7-8H2,(H,24,25,26). The van der Waals surface area contributed by atoms with Crippen LogP contribution in [0, 0.1) is 0 Å². The van der Waals surface area contributed by atoms with E-state index in [0.717, 1.165) is 38.1 Å². The van der Waals surface area contributed by atoms with Crippen molar-refractivity contribution in [1.82, 2.24) is 24.6 Å². The van der Waals surface area contributed by atoms with Gasteiger partial charge in [0.2, 0.25) is 0 Å². The van der Waals surface area contributed by atoms with Crippen LogP contribution in [0.25, 0.3) is 5.70 Å². The van der Waals surface area contributed by atoms with Gasteiger partial charge in [-0.15, -0.1) is 4.28 Å². The Balaban J connectivity index is 1.47. The molecule has 1 N–H and O–H groups in total. The van der Waals surface area contributed by atoms with E-state index in [9.17, 15) is 18.0 Å². The second-order valence-electron chi connectivity index (χ2n) is 6.67. The summed E-state index contributed by atoms with van der Waals surface area (Å²) in [6.45, 7) is 3.47. The number of carbonyl (C=O) groups excluding carboxylic acids is 2. The molecule has 2 amide bonds. The van der Waals surface area contributed by atoms with E-state index < -0.39 is 22.5 Å². The number of anilines is 1. The lowest BCUT2D eigenvalue weighted by Crippen LogP contribution is -2.48. The lowest BCUT2D eigenvalue weighted by Gasteiger charge is -2.34. The highest BCUT2D eigenvalue weighted by atomic mass is 32.3. The molecule has 0 spiro atoms. The Morgan fingerprint density at radius 3 is 2.68 bits per heavy atom. The Morgan fingerprint density at radius 2 is 2.00 bits per heavy atom. The fourth-order valence-electron chi connectivity index (χ4n) is 3.57. The number of fused-ring (bicyclic) bond motifs is 2. The maximum atomic E-state index is 12.2. The molecule has 28 heavy (non-hydrogen) atoms. The van der Waals surface area contributed by atoms with E-state index in [2.05, 4.69) is 14.3 Å². The predicted octanol–water partition coefficient (Wildman–Crippen LogP) is -1.49. The minimum absolute atomic E-state index is 0.240. The molecule has 2 fully saturated rings. The molecule has 1 aromatic heterocycles. The van der Waals surface area contributed by atoms with Crippen molar-refractivity contribution in [3.8, 4) is 0 Å². The number of hydrogen-bond acceptors (Lipinski definition) is 8. The van der Waals surface area contributed by atoms with Crippen molar-refractivity contribution in [1.29, 1.82) is 0 Å². The quantitative estimate of drug-likeness (QED) is 0.339. The van der Waals surface area contributed by atoms with Crippen LogP contribution in [0.15, 0.2) is 18.5 Å². The summed E-state index contributed by atoms with van der Waals surface area (Å²) in [5.74, 6) is 0. The third kappa shape index (κ3) is 3.76. The van der Waals surface area contributed by atoms with Crippen LogP contribution in [0.4, 0.5) is 10.5 Å². The number of carbonyl (C=O) groups is 2. The first kappa shape index (κ1) is 18.9. The second kappa shape index (κ2) is 7.20. The molecule has 1 radical (unpaired) electrons. The van der Waals surface area contributed by atoms with Crippen molar-refractivity contribution in [3.05, 3.63) is 18.5 Å². The van der Waals surface area contributed by atoms with Crippen molar-refractivity contribution >= 4 is 41.4 Å². The Bertz CT molecular complexity index is 911. The van der Waals surface area contributed by atoms with Gasteiger partial charge in [-0.1, -0.05) is 0 Å². The van der Waals surface area contributed by atoms with Crippen molar-refractivity contribution in [2.45, 2.75) is 6.04 Å². The highest BCUT2D eigenvalue weighted by Crippen LogP contribution is 2.28. The van der Waals surface area contributed by atoms with E-state index in [1.165, 1.54) is 12.3 Å². The summed E-state index contributed by atoms with van der Waals surface area (Å²) in [6.07, 6.45) is 6.04. The zero-order valence-electron chi connectivity index (χ0n) is 14.8. The van der Waals surface area contributed by atoms with Crippen LogP contribution in [0.5, 0.6) is 0 Å². The number of rotatable bonds is 6. The van der Waals surface area contributed by atoms with Gasteiger partial charge < -0.3 is 19.4 Å². The van der Waals surface area contributed by atoms with Gasteiger partial charge in [0.1, 0.15) is 6.04 Å². The summed E-state index contributed by atoms with van der Waals surface area (Å²) in [5, 5.41) is 5.00. The smallest absolute Gasteiger partial charge is 0.367 e. The van der Waals surface area contributed by atoms with Gasteiger partial charge in [0.05, 0.1) is 36.5 Å². The number of amides is 2. The number of hydrogen-bond donors (Lipinski definition) is 1. The third-order valence-corrected chi connectivity index (χ3v) is 5.24. The van der Waals surface area contributed by atoms with Gasteiger partial charge in [-0.25, -0.2) is 9.48 Å². The lowest BCUT2D eigenvalue weighted by atomic mass is 9.93. The van der Waals surface area contributed by atoms with Gasteiger partial charge in [0, 0.05) is 32.7 Å². The average molecular weight is 409 g/mol. The number of piperazine rings is 1. The second-order valence-corrected chi connectivity index (χ2v) is 7.67. The van der Waals surface area contributed by atoms with Gasteiger partial charge in [-0.05, 0) is 6.08 Å². The topological polar surface area (TPSA) is 129 Å². The molecule has 1 atom stereocenters. The lowest BCUT2D eigenvalue weighted by molar-refractivity contribution is -0.0183. The van der Waals surface area contributed by atoms with Gasteiger partial charge in [0.25, 0.3) is 7.41 Å². The zero-order valence-corrected chi connectivity index (χ0v) is 15.6. The molecule has 4 heterocycles. The molecule has 3 aliphatic rings. The highest BCUT2D eigenvalue weighted by Gasteiger charge is 2.43. The largest absolute Gasteiger partial charge is 0.418 e. The Morgan fingerprint density at radius 1 is 1.25 bits per heavy atom. The predicted molar refractivity (Wildman–Crippen MR) is 98.0 cm³/mol. The number of aromatic nitrogens is 2. The highest BCUT2D eigenvalue weighted by molar-refractivity contribution is 7.80. The molecular formula is C14H18BN6O6S. The zero-order chi connectivity index (χ0) is 19.9. The summed E-state index contributed by atoms with van der Waals surface area (Å²) in [5.41, 5.74) is 1.61. The summed E-state index contributed by atoms with van der Waals surface area (Å²) >= 11 is 0. The van der Waals surface area contributed by atoms with Crippen LogP contribution < -0.4 is 4.90 Å². The van der Waals surface area contributed by atoms with E-state index in [-0.39, 0.29) is 13.1 Å². The molecule has 0 aliphatic carbocycles. The van der Waals surface area contributed by atoms with Crippen LogP contribution >= 0.6 is 0 Å². The van der Waals surface area contributed by atoms with Crippen LogP contribution in [0.2, 0.25) is 0 Å². The van der Waals surface area contributed by atoms with Crippen LogP contribution in [0.3, 0.4) is 0 Å². The Kier molecular flexibility index (Phi) is 4.87. The molecule has 1 aromatic rings. The number of hydroxylamine groups is 2. The van der Waals surface area contributed by atoms with Gasteiger partial charge >= 0.3 is 16.4 Å². The fraction of sp³-hybridized carbons (Fsp3) is 0.500. The normalized spacial score (nSPS) is 23.2. The van der Waals surface area contributed by atoms with Crippen LogP contribution in [-0.2, 0) is 19.5 Å². The third-order valence-electron chi connectivity index (χ3n) is 4.89. The SMILES string of the molecule is O=C[B]N1CCN(c2cnn(C3=CC4CN(C3)C(=O)N4OS(=O)(=O)O)c2)CC1. The van der Waals surface area contributed by atoms with E-state index in [0.29, 0.717) is 10.8 Å². The van der Waals surface area contributed by atoms with E-state index in [1.54, 1.807) is 17.0 Å².